The highest BCUT2D eigenvalue weighted by molar-refractivity contribution is 6.07. The Morgan fingerprint density at radius 3 is 2.81 bits per heavy atom. The molecule has 2 aliphatic rings. The summed E-state index contributed by atoms with van der Waals surface area (Å²) in [4.78, 5) is 29.2. The zero-order chi connectivity index (χ0) is 18.3. The van der Waals surface area contributed by atoms with Crippen molar-refractivity contribution in [3.05, 3.63) is 53.6 Å². The number of hydrogen-bond donors (Lipinski definition) is 0. The highest BCUT2D eigenvalue weighted by atomic mass is 16.5. The molecule has 2 aromatic carbocycles. The van der Waals surface area contributed by atoms with Crippen molar-refractivity contribution >= 4 is 23.2 Å². The monoisotopic (exact) mass is 350 g/mol. The number of hydrogen-bond acceptors (Lipinski definition) is 3. The second-order valence-corrected chi connectivity index (χ2v) is 6.83. The van der Waals surface area contributed by atoms with E-state index >= 15 is 0 Å². The summed E-state index contributed by atoms with van der Waals surface area (Å²) in [6, 6.07) is 13.7. The number of nitrogens with zero attached hydrogens (tertiary/aromatic N) is 2. The van der Waals surface area contributed by atoms with Crippen molar-refractivity contribution < 1.29 is 14.3 Å². The number of rotatable bonds is 3. The summed E-state index contributed by atoms with van der Waals surface area (Å²) in [5.74, 6) is 0.454. The molecule has 2 amide bonds. The van der Waals surface area contributed by atoms with Crippen LogP contribution in [0, 0.1) is 6.92 Å². The van der Waals surface area contributed by atoms with Crippen molar-refractivity contribution in [3.63, 3.8) is 0 Å². The topological polar surface area (TPSA) is 49.9 Å². The molecule has 0 fully saturated rings. The predicted octanol–water partition coefficient (Wildman–Crippen LogP) is 3.09. The van der Waals surface area contributed by atoms with E-state index in [0.29, 0.717) is 24.4 Å². The van der Waals surface area contributed by atoms with Gasteiger partial charge < -0.3 is 9.64 Å². The molecule has 0 spiro atoms. The molecule has 0 unspecified atom stereocenters. The Balaban J connectivity index is 1.64. The van der Waals surface area contributed by atoms with Gasteiger partial charge in [0.15, 0.2) is 6.10 Å². The molecule has 0 saturated heterocycles. The summed E-state index contributed by atoms with van der Waals surface area (Å²) >= 11 is 0. The van der Waals surface area contributed by atoms with E-state index in [1.807, 2.05) is 56.3 Å². The van der Waals surface area contributed by atoms with Gasteiger partial charge in [0.2, 0.25) is 5.91 Å². The van der Waals surface area contributed by atoms with E-state index in [4.69, 9.17) is 4.74 Å². The van der Waals surface area contributed by atoms with Gasteiger partial charge in [-0.2, -0.15) is 0 Å². The van der Waals surface area contributed by atoms with Gasteiger partial charge in [0, 0.05) is 12.2 Å². The lowest BCUT2D eigenvalue weighted by Gasteiger charge is -2.34. The van der Waals surface area contributed by atoms with E-state index in [2.05, 4.69) is 0 Å². The van der Waals surface area contributed by atoms with E-state index in [1.165, 1.54) is 5.56 Å². The minimum Gasteiger partial charge on any atom is -0.478 e. The predicted molar refractivity (Wildman–Crippen MR) is 101 cm³/mol. The molecule has 0 radical (unpaired) electrons. The minimum absolute atomic E-state index is 0.0312. The maximum atomic E-state index is 13.0. The van der Waals surface area contributed by atoms with Crippen molar-refractivity contribution in [1.29, 1.82) is 0 Å². The molecule has 1 atom stereocenters. The smallest absolute Gasteiger partial charge is 0.268 e. The van der Waals surface area contributed by atoms with Gasteiger partial charge in [-0.3, -0.25) is 14.5 Å². The van der Waals surface area contributed by atoms with E-state index in [-0.39, 0.29) is 18.4 Å². The van der Waals surface area contributed by atoms with Crippen LogP contribution < -0.4 is 14.5 Å². The zero-order valence-corrected chi connectivity index (χ0v) is 15.1. The Labute approximate surface area is 153 Å². The number of aryl methyl sites for hydroxylation is 1. The second-order valence-electron chi connectivity index (χ2n) is 6.83. The van der Waals surface area contributed by atoms with Crippen molar-refractivity contribution in [2.24, 2.45) is 0 Å². The summed E-state index contributed by atoms with van der Waals surface area (Å²) in [6.45, 7) is 4.57. The average molecular weight is 350 g/mol. The molecule has 0 aliphatic carbocycles. The molecule has 134 valence electrons. The molecule has 0 N–H and O–H groups in total. The standard InChI is InChI=1S/C21H22N2O3/c1-3-18-21(25)23(17-12-14(2)8-9-19(17)26-18)13-20(24)22-11-10-15-6-4-5-7-16(15)22/h4-9,12,18H,3,10-11,13H2,1-2H3/t18-/m1/s1. The lowest BCUT2D eigenvalue weighted by atomic mass is 10.1. The molecule has 26 heavy (non-hydrogen) atoms. The lowest BCUT2D eigenvalue weighted by molar-refractivity contribution is -0.128. The maximum absolute atomic E-state index is 13.0. The lowest BCUT2D eigenvalue weighted by Crippen LogP contribution is -2.50. The number of ether oxygens (including phenoxy) is 1. The summed E-state index contributed by atoms with van der Waals surface area (Å²) < 4.78 is 5.83. The Hall–Kier alpha value is -2.82. The van der Waals surface area contributed by atoms with Crippen LogP contribution in [0.25, 0.3) is 0 Å². The molecular weight excluding hydrogens is 328 g/mol. The van der Waals surface area contributed by atoms with Crippen molar-refractivity contribution in [2.45, 2.75) is 32.8 Å². The molecule has 2 aromatic rings. The Kier molecular flexibility index (Phi) is 4.15. The number of anilines is 2. The number of carbonyl (C=O) groups excluding carboxylic acids is 2. The van der Waals surface area contributed by atoms with Crippen LogP contribution in [0.2, 0.25) is 0 Å². The first-order chi connectivity index (χ1) is 12.6. The van der Waals surface area contributed by atoms with Gasteiger partial charge in [0.05, 0.1) is 5.69 Å². The third-order valence-electron chi connectivity index (χ3n) is 5.07. The average Bonchev–Trinajstić information content (AvgIpc) is 3.08. The summed E-state index contributed by atoms with van der Waals surface area (Å²) in [5.41, 5.74) is 3.84. The van der Waals surface area contributed by atoms with Crippen LogP contribution >= 0.6 is 0 Å². The van der Waals surface area contributed by atoms with Crippen LogP contribution in [0.4, 0.5) is 11.4 Å². The van der Waals surface area contributed by atoms with Gasteiger partial charge in [-0.25, -0.2) is 0 Å². The van der Waals surface area contributed by atoms with Gasteiger partial charge in [-0.05, 0) is 49.1 Å². The fourth-order valence-corrected chi connectivity index (χ4v) is 3.67. The highest BCUT2D eigenvalue weighted by Gasteiger charge is 2.36. The minimum atomic E-state index is -0.538. The van der Waals surface area contributed by atoms with E-state index in [1.54, 1.807) is 9.80 Å². The largest absolute Gasteiger partial charge is 0.478 e. The van der Waals surface area contributed by atoms with Crippen LogP contribution in [-0.2, 0) is 16.0 Å². The molecule has 2 aliphatic heterocycles. The van der Waals surface area contributed by atoms with Gasteiger partial charge in [-0.1, -0.05) is 31.2 Å². The van der Waals surface area contributed by atoms with Crippen LogP contribution in [-0.4, -0.2) is 31.0 Å². The number of amides is 2. The Bertz CT molecular complexity index is 877. The highest BCUT2D eigenvalue weighted by Crippen LogP contribution is 2.36. The summed E-state index contributed by atoms with van der Waals surface area (Å²) in [6.07, 6.45) is 0.888. The normalized spacial score (nSPS) is 18.4. The number of carbonyl (C=O) groups is 2. The fraction of sp³-hybridized carbons (Fsp3) is 0.333. The van der Waals surface area contributed by atoms with Crippen molar-refractivity contribution in [1.82, 2.24) is 0 Å². The van der Waals surface area contributed by atoms with E-state index in [0.717, 1.165) is 17.7 Å². The van der Waals surface area contributed by atoms with E-state index in [9.17, 15) is 9.59 Å². The van der Waals surface area contributed by atoms with Crippen molar-refractivity contribution in [2.75, 3.05) is 22.9 Å². The number of benzene rings is 2. The first-order valence-electron chi connectivity index (χ1n) is 9.05. The molecule has 5 nitrogen and oxygen atoms in total. The second kappa shape index (κ2) is 6.48. The van der Waals surface area contributed by atoms with Gasteiger partial charge >= 0.3 is 0 Å². The van der Waals surface area contributed by atoms with Crippen LogP contribution in [0.5, 0.6) is 5.75 Å². The molecule has 0 bridgehead atoms. The van der Waals surface area contributed by atoms with Crippen LogP contribution in [0.15, 0.2) is 42.5 Å². The van der Waals surface area contributed by atoms with Crippen LogP contribution in [0.3, 0.4) is 0 Å². The van der Waals surface area contributed by atoms with Crippen LogP contribution in [0.1, 0.15) is 24.5 Å². The third-order valence-corrected chi connectivity index (χ3v) is 5.07. The summed E-state index contributed by atoms with van der Waals surface area (Å²) in [7, 11) is 0. The van der Waals surface area contributed by atoms with Gasteiger partial charge in [0.25, 0.3) is 5.91 Å². The molecule has 5 heteroatoms. The van der Waals surface area contributed by atoms with Gasteiger partial charge in [-0.15, -0.1) is 0 Å². The van der Waals surface area contributed by atoms with E-state index < -0.39 is 6.10 Å². The Morgan fingerprint density at radius 1 is 1.19 bits per heavy atom. The molecule has 0 saturated carbocycles. The van der Waals surface area contributed by atoms with Crippen molar-refractivity contribution in [3.8, 4) is 5.75 Å². The molecule has 2 heterocycles. The number of fused-ring (bicyclic) bond motifs is 2. The number of para-hydroxylation sites is 1. The third kappa shape index (κ3) is 2.73. The quantitative estimate of drug-likeness (QED) is 0.855. The zero-order valence-electron chi connectivity index (χ0n) is 15.1. The Morgan fingerprint density at radius 2 is 2.00 bits per heavy atom. The first kappa shape index (κ1) is 16.6. The van der Waals surface area contributed by atoms with Gasteiger partial charge in [0.1, 0.15) is 12.3 Å². The molecule has 4 rings (SSSR count). The summed E-state index contributed by atoms with van der Waals surface area (Å²) in [5, 5.41) is 0. The molecule has 0 aromatic heterocycles. The fourth-order valence-electron chi connectivity index (χ4n) is 3.67. The first-order valence-corrected chi connectivity index (χ1v) is 9.05. The SMILES string of the molecule is CC[C@H]1Oc2ccc(C)cc2N(CC(=O)N2CCc3ccccc32)C1=O. The maximum Gasteiger partial charge on any atom is 0.268 e. The molecular formula is C21H22N2O3.